The number of hydrogen-bond donors (Lipinski definition) is 2. The summed E-state index contributed by atoms with van der Waals surface area (Å²) in [5, 5.41) is 10.3. The van der Waals surface area contributed by atoms with E-state index in [2.05, 4.69) is 26.1 Å². The highest BCUT2D eigenvalue weighted by Crippen LogP contribution is 2.43. The maximum atomic E-state index is 13.3. The second kappa shape index (κ2) is 10.1. The van der Waals surface area contributed by atoms with Gasteiger partial charge in [0.25, 0.3) is 7.37 Å². The summed E-state index contributed by atoms with van der Waals surface area (Å²) in [7, 11) is -3.02. The Morgan fingerprint density at radius 2 is 1.76 bits per heavy atom. The molecule has 2 aromatic heterocycles. The van der Waals surface area contributed by atoms with Crippen LogP contribution in [0.3, 0.4) is 0 Å². The third kappa shape index (κ3) is 5.14. The van der Waals surface area contributed by atoms with Gasteiger partial charge in [-0.3, -0.25) is 14.6 Å². The first kappa shape index (κ1) is 23.8. The zero-order chi connectivity index (χ0) is 25.2. The average molecular weight is 517 g/mol. The molecular formula is C28H29N4O4P. The Kier molecular flexibility index (Phi) is 6.47. The van der Waals surface area contributed by atoms with E-state index in [1.54, 1.807) is 6.66 Å². The first-order chi connectivity index (χ1) is 18.0. The largest absolute Gasteiger partial charge is 0.492 e. The first-order valence-corrected chi connectivity index (χ1v) is 14.5. The number of nitrogens with one attached hydrogen (secondary N) is 2. The number of rotatable bonds is 8. The molecule has 5 aromatic rings. The fraction of sp³-hybridized carbons (Fsp3) is 0.250. The van der Waals surface area contributed by atoms with Crippen molar-refractivity contribution < 1.29 is 18.6 Å². The molecule has 0 aliphatic carbocycles. The zero-order valence-electron chi connectivity index (χ0n) is 20.6. The van der Waals surface area contributed by atoms with Gasteiger partial charge in [0, 0.05) is 47.9 Å². The van der Waals surface area contributed by atoms with Crippen LogP contribution in [0, 0.1) is 0 Å². The normalized spacial score (nSPS) is 16.1. The van der Waals surface area contributed by atoms with E-state index >= 15 is 0 Å². The van der Waals surface area contributed by atoms with Crippen molar-refractivity contribution in [2.24, 2.45) is 0 Å². The Bertz CT molecular complexity index is 1570. The molecule has 2 N–H and O–H groups in total. The van der Waals surface area contributed by atoms with Crippen LogP contribution in [-0.4, -0.2) is 66.2 Å². The molecule has 0 amide bonds. The molecule has 3 heterocycles. The lowest BCUT2D eigenvalue weighted by atomic mass is 10.1. The molecule has 0 radical (unpaired) electrons. The van der Waals surface area contributed by atoms with Crippen molar-refractivity contribution in [3.63, 3.8) is 0 Å². The number of fused-ring (bicyclic) bond motifs is 2. The van der Waals surface area contributed by atoms with Crippen molar-refractivity contribution in [2.45, 2.75) is 0 Å². The molecule has 6 rings (SSSR count). The summed E-state index contributed by atoms with van der Waals surface area (Å²) in [5.74, 6) is 1.38. The Balaban J connectivity index is 1.22. The predicted octanol–water partition coefficient (Wildman–Crippen LogP) is 5.03. The van der Waals surface area contributed by atoms with Gasteiger partial charge in [0.1, 0.15) is 23.8 Å². The van der Waals surface area contributed by atoms with E-state index in [1.165, 1.54) is 0 Å². The van der Waals surface area contributed by atoms with Gasteiger partial charge in [0.05, 0.1) is 24.4 Å². The number of benzene rings is 3. The molecule has 0 spiro atoms. The molecule has 1 atom stereocenters. The monoisotopic (exact) mass is 516 g/mol. The lowest BCUT2D eigenvalue weighted by molar-refractivity contribution is 0.0322. The summed E-state index contributed by atoms with van der Waals surface area (Å²) >= 11 is 0. The predicted molar refractivity (Wildman–Crippen MR) is 146 cm³/mol. The minimum absolute atomic E-state index is 0.539. The lowest BCUT2D eigenvalue weighted by Gasteiger charge is -2.26. The van der Waals surface area contributed by atoms with Gasteiger partial charge in [-0.05, 0) is 54.6 Å². The third-order valence-corrected chi connectivity index (χ3v) is 8.46. The maximum Gasteiger partial charge on any atom is 0.274 e. The summed E-state index contributed by atoms with van der Waals surface area (Å²) in [6.45, 7) is 6.65. The van der Waals surface area contributed by atoms with E-state index in [0.29, 0.717) is 17.7 Å². The highest BCUT2D eigenvalue weighted by molar-refractivity contribution is 7.66. The highest BCUT2D eigenvalue weighted by atomic mass is 31.2. The maximum absolute atomic E-state index is 13.3. The first-order valence-electron chi connectivity index (χ1n) is 12.4. The third-order valence-electron chi connectivity index (χ3n) is 6.67. The van der Waals surface area contributed by atoms with Crippen molar-refractivity contribution in [1.29, 1.82) is 0 Å². The van der Waals surface area contributed by atoms with E-state index in [4.69, 9.17) is 14.0 Å². The van der Waals surface area contributed by atoms with Crippen LogP contribution in [0.5, 0.6) is 11.5 Å². The van der Waals surface area contributed by atoms with Crippen LogP contribution in [0.4, 0.5) is 0 Å². The fourth-order valence-electron chi connectivity index (χ4n) is 4.65. The van der Waals surface area contributed by atoms with Crippen molar-refractivity contribution in [2.75, 3.05) is 46.1 Å². The van der Waals surface area contributed by atoms with E-state index < -0.39 is 7.37 Å². The summed E-state index contributed by atoms with van der Waals surface area (Å²) in [6.07, 6.45) is 0. The van der Waals surface area contributed by atoms with Gasteiger partial charge in [0.15, 0.2) is 0 Å². The molecule has 3 aromatic carbocycles. The number of H-pyrrole nitrogens is 2. The molecule has 0 bridgehead atoms. The van der Waals surface area contributed by atoms with E-state index in [1.807, 2.05) is 66.7 Å². The number of hydrogen-bond acceptors (Lipinski definition) is 6. The molecule has 0 saturated carbocycles. The molecule has 1 fully saturated rings. The minimum atomic E-state index is -3.02. The second-order valence-electron chi connectivity index (χ2n) is 9.29. The van der Waals surface area contributed by atoms with Crippen LogP contribution >= 0.6 is 7.37 Å². The Hall–Kier alpha value is -3.58. The van der Waals surface area contributed by atoms with Crippen LogP contribution < -0.4 is 14.6 Å². The molecular weight excluding hydrogens is 487 g/mol. The molecule has 37 heavy (non-hydrogen) atoms. The Labute approximate surface area is 215 Å². The molecule has 8 nitrogen and oxygen atoms in total. The van der Waals surface area contributed by atoms with Crippen LogP contribution in [0.1, 0.15) is 0 Å². The SMILES string of the molecule is CP(=O)(Oc1ccc2[nH]nc(-c3cc4cc(OCCN5CCOCC5)ccc4[nH]3)c2c1)c1ccccc1. The van der Waals surface area contributed by atoms with Crippen LogP contribution in [-0.2, 0) is 9.30 Å². The van der Waals surface area contributed by atoms with Crippen molar-refractivity contribution >= 4 is 34.5 Å². The topological polar surface area (TPSA) is 92.5 Å². The van der Waals surface area contributed by atoms with Gasteiger partial charge in [-0.1, -0.05) is 18.2 Å². The lowest BCUT2D eigenvalue weighted by Crippen LogP contribution is -2.38. The quantitative estimate of drug-likeness (QED) is 0.281. The number of aromatic nitrogens is 3. The molecule has 190 valence electrons. The Morgan fingerprint density at radius 1 is 0.973 bits per heavy atom. The number of ether oxygens (including phenoxy) is 2. The molecule has 1 aliphatic rings. The fourth-order valence-corrected chi connectivity index (χ4v) is 5.99. The second-order valence-corrected chi connectivity index (χ2v) is 11.7. The average Bonchev–Trinajstić information content (AvgIpc) is 3.53. The van der Waals surface area contributed by atoms with E-state index in [9.17, 15) is 4.57 Å². The van der Waals surface area contributed by atoms with Gasteiger partial charge in [-0.2, -0.15) is 5.10 Å². The van der Waals surface area contributed by atoms with Gasteiger partial charge in [0.2, 0.25) is 0 Å². The number of nitrogens with zero attached hydrogens (tertiary/aromatic N) is 2. The highest BCUT2D eigenvalue weighted by Gasteiger charge is 2.21. The van der Waals surface area contributed by atoms with Crippen molar-refractivity contribution in [3.05, 3.63) is 72.8 Å². The summed E-state index contributed by atoms with van der Waals surface area (Å²) < 4.78 is 30.7. The van der Waals surface area contributed by atoms with Gasteiger partial charge in [-0.25, -0.2) is 0 Å². The van der Waals surface area contributed by atoms with Gasteiger partial charge >= 0.3 is 0 Å². The zero-order valence-corrected chi connectivity index (χ0v) is 21.5. The van der Waals surface area contributed by atoms with Crippen molar-refractivity contribution in [3.8, 4) is 22.9 Å². The summed E-state index contributed by atoms with van der Waals surface area (Å²) in [5.41, 5.74) is 3.53. The van der Waals surface area contributed by atoms with Gasteiger partial charge < -0.3 is 19.0 Å². The number of morpholine rings is 1. The smallest absolute Gasteiger partial charge is 0.274 e. The van der Waals surface area contributed by atoms with Crippen LogP contribution in [0.15, 0.2) is 72.8 Å². The van der Waals surface area contributed by atoms with E-state index in [0.717, 1.165) is 71.8 Å². The summed E-state index contributed by atoms with van der Waals surface area (Å²) in [4.78, 5) is 5.82. The molecule has 9 heteroatoms. The molecule has 1 unspecified atom stereocenters. The van der Waals surface area contributed by atoms with Crippen LogP contribution in [0.25, 0.3) is 33.2 Å². The van der Waals surface area contributed by atoms with Gasteiger partial charge in [-0.15, -0.1) is 0 Å². The molecule has 1 aliphatic heterocycles. The van der Waals surface area contributed by atoms with Crippen molar-refractivity contribution in [1.82, 2.24) is 20.1 Å². The van der Waals surface area contributed by atoms with Crippen LogP contribution in [0.2, 0.25) is 0 Å². The number of aromatic amines is 2. The molecule has 1 saturated heterocycles. The van der Waals surface area contributed by atoms with E-state index in [-0.39, 0.29) is 0 Å². The standard InChI is InChI=1S/C28H29N4O4P/c1-37(33,23-5-3-2-4-6-23)36-22-8-10-26-24(19-22)28(31-30-26)27-18-20-17-21(7-9-25(20)29-27)35-16-13-32-11-14-34-15-12-32/h2-10,17-19,29H,11-16H2,1H3,(H,30,31). The Morgan fingerprint density at radius 3 is 2.59 bits per heavy atom. The minimum Gasteiger partial charge on any atom is -0.492 e. The summed E-state index contributed by atoms with van der Waals surface area (Å²) in [6, 6.07) is 23.0.